The molecule has 0 aliphatic heterocycles. The molecule has 2 atom stereocenters. The van der Waals surface area contributed by atoms with Crippen molar-refractivity contribution in [2.45, 2.75) is 53.1 Å². The maximum absolute atomic E-state index is 5.70. The van der Waals surface area contributed by atoms with Crippen molar-refractivity contribution in [1.82, 2.24) is 5.32 Å². The second-order valence-electron chi connectivity index (χ2n) is 4.63. The maximum Gasteiger partial charge on any atom is 0.0241 e. The van der Waals surface area contributed by atoms with E-state index in [9.17, 15) is 0 Å². The molecule has 0 aromatic rings. The van der Waals surface area contributed by atoms with Gasteiger partial charge in [0.25, 0.3) is 0 Å². The Morgan fingerprint density at radius 1 is 1.33 bits per heavy atom. The molecule has 2 nitrogen and oxygen atoms in total. The van der Waals surface area contributed by atoms with Gasteiger partial charge in [-0.15, -0.1) is 0 Å². The number of hydrogen-bond donors (Lipinski definition) is 2. The third-order valence-corrected chi connectivity index (χ3v) is 2.38. The first-order chi connectivity index (χ1) is 5.41. The van der Waals surface area contributed by atoms with Crippen LogP contribution in [0.15, 0.2) is 0 Å². The van der Waals surface area contributed by atoms with Crippen LogP contribution in [-0.4, -0.2) is 18.6 Å². The van der Waals surface area contributed by atoms with Gasteiger partial charge < -0.3 is 11.1 Å². The summed E-state index contributed by atoms with van der Waals surface area (Å²) >= 11 is 0. The molecule has 0 saturated heterocycles. The fraction of sp³-hybridized carbons (Fsp3) is 1.00. The minimum absolute atomic E-state index is 0.262. The molecule has 0 heterocycles. The Bertz CT molecular complexity index is 115. The molecule has 0 aliphatic carbocycles. The van der Waals surface area contributed by atoms with Crippen LogP contribution in [0.5, 0.6) is 0 Å². The van der Waals surface area contributed by atoms with Crippen molar-refractivity contribution in [1.29, 1.82) is 0 Å². The van der Waals surface area contributed by atoms with Gasteiger partial charge in [-0.05, 0) is 18.8 Å². The predicted molar refractivity (Wildman–Crippen MR) is 55.2 cm³/mol. The molecule has 0 aromatic heterocycles. The Morgan fingerprint density at radius 2 is 1.83 bits per heavy atom. The first kappa shape index (κ1) is 11.9. The van der Waals surface area contributed by atoms with E-state index in [1.807, 2.05) is 0 Å². The van der Waals surface area contributed by atoms with E-state index in [1.165, 1.54) is 0 Å². The molecule has 0 aliphatic rings. The molecule has 12 heavy (non-hydrogen) atoms. The number of nitrogens with one attached hydrogen (secondary N) is 1. The second kappa shape index (κ2) is 4.83. The van der Waals surface area contributed by atoms with Gasteiger partial charge in [0.2, 0.25) is 0 Å². The van der Waals surface area contributed by atoms with E-state index in [-0.39, 0.29) is 5.41 Å². The van der Waals surface area contributed by atoms with Gasteiger partial charge in [-0.2, -0.15) is 0 Å². The van der Waals surface area contributed by atoms with Gasteiger partial charge in [0.05, 0.1) is 0 Å². The van der Waals surface area contributed by atoms with E-state index in [1.54, 1.807) is 0 Å². The van der Waals surface area contributed by atoms with Crippen molar-refractivity contribution < 1.29 is 0 Å². The predicted octanol–water partition coefficient (Wildman–Crippen LogP) is 1.75. The SMILES string of the molecule is CCC(C)NC(CN)C(C)(C)C. The van der Waals surface area contributed by atoms with E-state index in [2.05, 4.69) is 39.9 Å². The highest BCUT2D eigenvalue weighted by atomic mass is 15.0. The Balaban J connectivity index is 4.00. The van der Waals surface area contributed by atoms with Crippen LogP contribution in [-0.2, 0) is 0 Å². The van der Waals surface area contributed by atoms with Crippen LogP contribution >= 0.6 is 0 Å². The van der Waals surface area contributed by atoms with E-state index in [0.29, 0.717) is 18.6 Å². The molecule has 0 bridgehead atoms. The van der Waals surface area contributed by atoms with E-state index < -0.39 is 0 Å². The molecule has 0 spiro atoms. The van der Waals surface area contributed by atoms with Crippen LogP contribution in [0.3, 0.4) is 0 Å². The Hall–Kier alpha value is -0.0800. The molecule has 0 aromatic carbocycles. The average Bonchev–Trinajstić information content (AvgIpc) is 1.97. The van der Waals surface area contributed by atoms with Crippen molar-refractivity contribution in [3.05, 3.63) is 0 Å². The largest absolute Gasteiger partial charge is 0.329 e. The molecule has 2 unspecified atom stereocenters. The molecule has 3 N–H and O–H groups in total. The lowest BCUT2D eigenvalue weighted by Gasteiger charge is -2.32. The van der Waals surface area contributed by atoms with Crippen LogP contribution < -0.4 is 11.1 Å². The lowest BCUT2D eigenvalue weighted by molar-refractivity contribution is 0.253. The molecule has 2 heteroatoms. The summed E-state index contributed by atoms with van der Waals surface area (Å²) < 4.78 is 0. The molecular formula is C10H24N2. The highest BCUT2D eigenvalue weighted by molar-refractivity contribution is 4.82. The van der Waals surface area contributed by atoms with E-state index in [4.69, 9.17) is 5.73 Å². The van der Waals surface area contributed by atoms with Gasteiger partial charge in [0.15, 0.2) is 0 Å². The summed E-state index contributed by atoms with van der Waals surface area (Å²) in [5.74, 6) is 0. The van der Waals surface area contributed by atoms with Crippen LogP contribution in [0.25, 0.3) is 0 Å². The third kappa shape index (κ3) is 4.07. The smallest absolute Gasteiger partial charge is 0.0241 e. The molecule has 0 radical (unpaired) electrons. The third-order valence-electron chi connectivity index (χ3n) is 2.38. The Kier molecular flexibility index (Phi) is 4.80. The molecule has 0 rings (SSSR count). The van der Waals surface area contributed by atoms with Gasteiger partial charge in [0, 0.05) is 18.6 Å². The van der Waals surface area contributed by atoms with Crippen LogP contribution in [0.2, 0.25) is 0 Å². The molecular weight excluding hydrogens is 148 g/mol. The zero-order chi connectivity index (χ0) is 9.78. The first-order valence-electron chi connectivity index (χ1n) is 4.88. The minimum Gasteiger partial charge on any atom is -0.329 e. The summed E-state index contributed by atoms with van der Waals surface area (Å²) in [4.78, 5) is 0. The van der Waals surface area contributed by atoms with Gasteiger partial charge >= 0.3 is 0 Å². The maximum atomic E-state index is 5.70. The quantitative estimate of drug-likeness (QED) is 0.678. The monoisotopic (exact) mass is 172 g/mol. The van der Waals surface area contributed by atoms with Gasteiger partial charge in [-0.1, -0.05) is 27.7 Å². The highest BCUT2D eigenvalue weighted by Gasteiger charge is 2.23. The van der Waals surface area contributed by atoms with Crippen molar-refractivity contribution >= 4 is 0 Å². The number of rotatable bonds is 4. The van der Waals surface area contributed by atoms with Crippen LogP contribution in [0.4, 0.5) is 0 Å². The standard InChI is InChI=1S/C10H24N2/c1-6-8(2)12-9(7-11)10(3,4)5/h8-9,12H,6-7,11H2,1-5H3. The molecule has 74 valence electrons. The summed E-state index contributed by atoms with van der Waals surface area (Å²) in [5.41, 5.74) is 5.96. The fourth-order valence-electron chi connectivity index (χ4n) is 1.13. The first-order valence-corrected chi connectivity index (χ1v) is 4.88. The van der Waals surface area contributed by atoms with Crippen molar-refractivity contribution in [2.24, 2.45) is 11.1 Å². The van der Waals surface area contributed by atoms with Crippen LogP contribution in [0, 0.1) is 5.41 Å². The summed E-state index contributed by atoms with van der Waals surface area (Å²) in [6, 6.07) is 0.991. The molecule has 0 fully saturated rings. The lowest BCUT2D eigenvalue weighted by Crippen LogP contribution is -2.49. The minimum atomic E-state index is 0.262. The second-order valence-corrected chi connectivity index (χ2v) is 4.63. The zero-order valence-electron chi connectivity index (χ0n) is 9.15. The van der Waals surface area contributed by atoms with Crippen LogP contribution in [0.1, 0.15) is 41.0 Å². The van der Waals surface area contributed by atoms with Gasteiger partial charge in [-0.25, -0.2) is 0 Å². The summed E-state index contributed by atoms with van der Waals surface area (Å²) in [6.45, 7) is 11.8. The molecule has 0 amide bonds. The summed E-state index contributed by atoms with van der Waals surface area (Å²) in [6.07, 6.45) is 1.16. The summed E-state index contributed by atoms with van der Waals surface area (Å²) in [5, 5.41) is 3.53. The number of hydrogen-bond acceptors (Lipinski definition) is 2. The van der Waals surface area contributed by atoms with Gasteiger partial charge in [0.1, 0.15) is 0 Å². The topological polar surface area (TPSA) is 38.0 Å². The van der Waals surface area contributed by atoms with E-state index >= 15 is 0 Å². The molecule has 0 saturated carbocycles. The summed E-state index contributed by atoms with van der Waals surface area (Å²) in [7, 11) is 0. The highest BCUT2D eigenvalue weighted by Crippen LogP contribution is 2.18. The Morgan fingerprint density at radius 3 is 2.08 bits per heavy atom. The van der Waals surface area contributed by atoms with Crippen molar-refractivity contribution in [3.8, 4) is 0 Å². The average molecular weight is 172 g/mol. The fourth-order valence-corrected chi connectivity index (χ4v) is 1.13. The van der Waals surface area contributed by atoms with Gasteiger partial charge in [-0.3, -0.25) is 0 Å². The van der Waals surface area contributed by atoms with Crippen molar-refractivity contribution in [2.75, 3.05) is 6.54 Å². The van der Waals surface area contributed by atoms with Crippen molar-refractivity contribution in [3.63, 3.8) is 0 Å². The Labute approximate surface area is 76.9 Å². The van der Waals surface area contributed by atoms with E-state index in [0.717, 1.165) is 6.42 Å². The zero-order valence-corrected chi connectivity index (χ0v) is 9.15. The number of nitrogens with two attached hydrogens (primary N) is 1. The lowest BCUT2D eigenvalue weighted by atomic mass is 9.86. The normalized spacial score (nSPS) is 17.5.